The molecule has 0 unspecified atom stereocenters. The summed E-state index contributed by atoms with van der Waals surface area (Å²) in [6.07, 6.45) is 1.82. The van der Waals surface area contributed by atoms with Crippen LogP contribution in [0.4, 0.5) is 4.79 Å². The number of rotatable bonds is 6. The highest BCUT2D eigenvalue weighted by Gasteiger charge is 2.22. The summed E-state index contributed by atoms with van der Waals surface area (Å²) in [6, 6.07) is -0.416. The van der Waals surface area contributed by atoms with Gasteiger partial charge in [0, 0.05) is 25.6 Å². The Morgan fingerprint density at radius 2 is 2.05 bits per heavy atom. The second kappa shape index (κ2) is 7.39. The zero-order chi connectivity index (χ0) is 14.3. The van der Waals surface area contributed by atoms with E-state index in [-0.39, 0.29) is 25.0 Å². The number of urea groups is 1. The Morgan fingerprint density at radius 1 is 1.42 bits per heavy atom. The fourth-order valence-corrected chi connectivity index (χ4v) is 1.92. The van der Waals surface area contributed by atoms with Crippen molar-refractivity contribution in [2.24, 2.45) is 5.73 Å². The van der Waals surface area contributed by atoms with E-state index in [0.717, 1.165) is 0 Å². The van der Waals surface area contributed by atoms with Gasteiger partial charge in [0.1, 0.15) is 0 Å². The summed E-state index contributed by atoms with van der Waals surface area (Å²) >= 11 is 0. The van der Waals surface area contributed by atoms with E-state index in [9.17, 15) is 19.7 Å². The smallest absolute Gasteiger partial charge is 0.314 e. The molecular formula is C10H18N4O5. The van der Waals surface area contributed by atoms with E-state index in [1.165, 1.54) is 4.90 Å². The van der Waals surface area contributed by atoms with Crippen LogP contribution >= 0.6 is 0 Å². The van der Waals surface area contributed by atoms with Crippen LogP contribution in [0.2, 0.25) is 0 Å². The summed E-state index contributed by atoms with van der Waals surface area (Å²) in [7, 11) is 0. The van der Waals surface area contributed by atoms with E-state index in [1.807, 2.05) is 0 Å². The first-order valence-electron chi connectivity index (χ1n) is 6.10. The quantitative estimate of drug-likeness (QED) is 0.388. The van der Waals surface area contributed by atoms with Gasteiger partial charge in [-0.3, -0.25) is 4.79 Å². The molecule has 9 heteroatoms. The van der Waals surface area contributed by atoms with Crippen molar-refractivity contribution in [1.29, 1.82) is 0 Å². The van der Waals surface area contributed by atoms with Crippen molar-refractivity contribution >= 4 is 11.9 Å². The van der Waals surface area contributed by atoms with Crippen LogP contribution in [0.5, 0.6) is 0 Å². The van der Waals surface area contributed by atoms with Crippen LogP contribution in [0, 0.1) is 10.1 Å². The minimum absolute atomic E-state index is 0.0273. The van der Waals surface area contributed by atoms with Gasteiger partial charge in [-0.1, -0.05) is 0 Å². The van der Waals surface area contributed by atoms with E-state index in [2.05, 4.69) is 10.2 Å². The molecule has 0 saturated carbocycles. The van der Waals surface area contributed by atoms with E-state index in [1.54, 1.807) is 0 Å². The topological polar surface area (TPSA) is 128 Å². The van der Waals surface area contributed by atoms with Gasteiger partial charge in [-0.05, 0) is 19.3 Å². The highest BCUT2D eigenvalue weighted by Crippen LogP contribution is 2.10. The highest BCUT2D eigenvalue weighted by molar-refractivity contribution is 5.76. The van der Waals surface area contributed by atoms with Gasteiger partial charge < -0.3 is 20.8 Å². The number of hydrogen-bond acceptors (Lipinski definition) is 5. The van der Waals surface area contributed by atoms with Gasteiger partial charge in [-0.15, -0.1) is 10.1 Å². The molecule has 1 fully saturated rings. The van der Waals surface area contributed by atoms with E-state index < -0.39 is 11.1 Å². The Morgan fingerprint density at radius 3 is 2.58 bits per heavy atom. The normalized spacial score (nSPS) is 15.9. The van der Waals surface area contributed by atoms with Gasteiger partial charge in [-0.2, -0.15) is 0 Å². The summed E-state index contributed by atoms with van der Waals surface area (Å²) in [5, 5.41) is 11.8. The number of nitrogens with two attached hydrogens (primary N) is 1. The third kappa shape index (κ3) is 5.89. The first kappa shape index (κ1) is 15.0. The number of nitrogens with zero attached hydrogens (tertiary/aromatic N) is 2. The highest BCUT2D eigenvalue weighted by atomic mass is 16.9. The molecule has 0 aliphatic carbocycles. The van der Waals surface area contributed by atoms with Gasteiger partial charge in [0.05, 0.1) is 6.61 Å². The van der Waals surface area contributed by atoms with Gasteiger partial charge in [0.15, 0.2) is 0 Å². The van der Waals surface area contributed by atoms with Crippen LogP contribution in [-0.2, 0) is 9.63 Å². The molecule has 1 rings (SSSR count). The molecule has 3 amide bonds. The molecule has 0 bridgehead atoms. The maximum absolute atomic E-state index is 11.5. The van der Waals surface area contributed by atoms with E-state index in [0.29, 0.717) is 32.4 Å². The van der Waals surface area contributed by atoms with Crippen molar-refractivity contribution in [3.05, 3.63) is 10.1 Å². The number of hydrogen-bond donors (Lipinski definition) is 2. The monoisotopic (exact) mass is 274 g/mol. The summed E-state index contributed by atoms with van der Waals surface area (Å²) < 4.78 is 0. The molecule has 19 heavy (non-hydrogen) atoms. The van der Waals surface area contributed by atoms with Crippen molar-refractivity contribution in [2.75, 3.05) is 19.7 Å². The summed E-state index contributed by atoms with van der Waals surface area (Å²) in [6.45, 7) is 0.982. The first-order valence-corrected chi connectivity index (χ1v) is 6.10. The Kier molecular flexibility index (Phi) is 5.83. The van der Waals surface area contributed by atoms with Crippen LogP contribution in [0.25, 0.3) is 0 Å². The van der Waals surface area contributed by atoms with Crippen LogP contribution in [0.1, 0.15) is 25.7 Å². The lowest BCUT2D eigenvalue weighted by Crippen LogP contribution is -2.48. The maximum Gasteiger partial charge on any atom is 0.314 e. The Balaban J connectivity index is 2.13. The fourth-order valence-electron chi connectivity index (χ4n) is 1.92. The number of likely N-dealkylation sites (tertiary alicyclic amines) is 1. The van der Waals surface area contributed by atoms with E-state index >= 15 is 0 Å². The molecule has 0 atom stereocenters. The average molecular weight is 274 g/mol. The molecule has 0 aromatic heterocycles. The second-order valence-corrected chi connectivity index (χ2v) is 4.33. The Hall–Kier alpha value is -2.06. The largest absolute Gasteiger partial charge is 0.353 e. The SMILES string of the molecule is NC(=O)N1CCC(NC(=O)CCCO[N+](=O)[O-])CC1. The fraction of sp³-hybridized carbons (Fsp3) is 0.800. The van der Waals surface area contributed by atoms with Crippen molar-refractivity contribution in [1.82, 2.24) is 10.2 Å². The molecule has 0 spiro atoms. The molecule has 1 aliphatic rings. The predicted molar refractivity (Wildman–Crippen MR) is 64.5 cm³/mol. The summed E-state index contributed by atoms with van der Waals surface area (Å²) in [5.74, 6) is -0.163. The summed E-state index contributed by atoms with van der Waals surface area (Å²) in [5.41, 5.74) is 5.15. The number of carbonyl (C=O) groups is 2. The predicted octanol–water partition coefficient (Wildman–Crippen LogP) is -0.366. The Bertz CT molecular complexity index is 341. The number of nitrogens with one attached hydrogen (secondary N) is 1. The Labute approximate surface area is 110 Å². The second-order valence-electron chi connectivity index (χ2n) is 4.33. The van der Waals surface area contributed by atoms with Crippen LogP contribution in [0.15, 0.2) is 0 Å². The molecule has 9 nitrogen and oxygen atoms in total. The van der Waals surface area contributed by atoms with Gasteiger partial charge in [-0.25, -0.2) is 4.79 Å². The van der Waals surface area contributed by atoms with Crippen molar-refractivity contribution in [3.8, 4) is 0 Å². The molecule has 3 N–H and O–H groups in total. The van der Waals surface area contributed by atoms with Gasteiger partial charge in [0.25, 0.3) is 5.09 Å². The third-order valence-corrected chi connectivity index (χ3v) is 2.92. The molecule has 0 aromatic rings. The summed E-state index contributed by atoms with van der Waals surface area (Å²) in [4.78, 5) is 38.0. The zero-order valence-corrected chi connectivity index (χ0v) is 10.5. The maximum atomic E-state index is 11.5. The average Bonchev–Trinajstić information content (AvgIpc) is 2.35. The minimum atomic E-state index is -0.878. The molecule has 0 aromatic carbocycles. The minimum Gasteiger partial charge on any atom is -0.353 e. The molecule has 1 heterocycles. The van der Waals surface area contributed by atoms with Crippen molar-refractivity contribution in [2.45, 2.75) is 31.7 Å². The molecule has 0 radical (unpaired) electrons. The van der Waals surface area contributed by atoms with Crippen molar-refractivity contribution in [3.63, 3.8) is 0 Å². The number of primary amides is 1. The number of carbonyl (C=O) groups excluding carboxylic acids is 2. The number of piperidine rings is 1. The molecular weight excluding hydrogens is 256 g/mol. The zero-order valence-electron chi connectivity index (χ0n) is 10.5. The van der Waals surface area contributed by atoms with Crippen molar-refractivity contribution < 1.29 is 19.5 Å². The number of amides is 3. The lowest BCUT2D eigenvalue weighted by Gasteiger charge is -2.31. The standard InChI is InChI=1S/C10H18N4O5/c11-10(16)13-5-3-8(4-6-13)12-9(15)2-1-7-19-14(17)18/h8H,1-7H2,(H2,11,16)(H,12,15). The molecule has 1 aliphatic heterocycles. The molecule has 108 valence electrons. The van der Waals surface area contributed by atoms with E-state index in [4.69, 9.17) is 5.73 Å². The first-order chi connectivity index (χ1) is 8.99. The van der Waals surface area contributed by atoms with Gasteiger partial charge in [0.2, 0.25) is 5.91 Å². The van der Waals surface area contributed by atoms with Crippen LogP contribution < -0.4 is 11.1 Å². The lowest BCUT2D eigenvalue weighted by atomic mass is 10.1. The van der Waals surface area contributed by atoms with Crippen LogP contribution in [0.3, 0.4) is 0 Å². The lowest BCUT2D eigenvalue weighted by molar-refractivity contribution is -0.757. The molecule has 1 saturated heterocycles. The third-order valence-electron chi connectivity index (χ3n) is 2.92. The van der Waals surface area contributed by atoms with Gasteiger partial charge >= 0.3 is 6.03 Å². The van der Waals surface area contributed by atoms with Crippen LogP contribution in [-0.4, -0.2) is 47.7 Å².